The molecule has 3 rings (SSSR count). The molecule has 0 aliphatic heterocycles. The average Bonchev–Trinajstić information content (AvgIpc) is 2.73. The van der Waals surface area contributed by atoms with Crippen LogP contribution in [0.5, 0.6) is 5.75 Å². The van der Waals surface area contributed by atoms with E-state index in [4.69, 9.17) is 4.74 Å². The van der Waals surface area contributed by atoms with Crippen molar-refractivity contribution in [2.24, 2.45) is 0 Å². The van der Waals surface area contributed by atoms with Gasteiger partial charge in [0.25, 0.3) is 5.91 Å². The Kier molecular flexibility index (Phi) is 6.55. The maximum absolute atomic E-state index is 12.8. The number of thioether (sulfide) groups is 1. The molecule has 0 aliphatic rings. The van der Waals surface area contributed by atoms with Gasteiger partial charge in [0.05, 0.1) is 18.7 Å². The second-order valence-electron chi connectivity index (χ2n) is 6.24. The molecule has 138 valence electrons. The van der Waals surface area contributed by atoms with Crippen molar-refractivity contribution in [1.29, 1.82) is 0 Å². The van der Waals surface area contributed by atoms with Crippen LogP contribution in [0.2, 0.25) is 0 Å². The van der Waals surface area contributed by atoms with Crippen LogP contribution in [0.25, 0.3) is 0 Å². The molecule has 0 fully saturated rings. The van der Waals surface area contributed by atoms with Gasteiger partial charge in [0.1, 0.15) is 5.75 Å². The maximum Gasteiger partial charge on any atom is 0.252 e. The topological polar surface area (TPSA) is 38.3 Å². The lowest BCUT2D eigenvalue weighted by atomic mass is 10.1. The van der Waals surface area contributed by atoms with Crippen molar-refractivity contribution in [3.05, 3.63) is 95.6 Å². The van der Waals surface area contributed by atoms with Gasteiger partial charge in [0.2, 0.25) is 0 Å². The minimum Gasteiger partial charge on any atom is -0.497 e. The molecule has 1 amide bonds. The van der Waals surface area contributed by atoms with E-state index >= 15 is 0 Å². The quantitative estimate of drug-likeness (QED) is 0.554. The molecular weight excluding hydrogens is 354 g/mol. The fraction of sp³-hybridized carbons (Fsp3) is 0.174. The van der Waals surface area contributed by atoms with Crippen LogP contribution >= 0.6 is 11.8 Å². The third-order valence-electron chi connectivity index (χ3n) is 4.33. The number of hydrogen-bond acceptors (Lipinski definition) is 3. The second kappa shape index (κ2) is 9.28. The third-order valence-corrected chi connectivity index (χ3v) is 5.48. The van der Waals surface area contributed by atoms with Crippen LogP contribution in [0.4, 0.5) is 0 Å². The van der Waals surface area contributed by atoms with E-state index in [0.717, 1.165) is 22.0 Å². The maximum atomic E-state index is 12.8. The molecule has 0 saturated carbocycles. The first-order valence-corrected chi connectivity index (χ1v) is 9.86. The number of rotatable bonds is 7. The summed E-state index contributed by atoms with van der Waals surface area (Å²) in [5.74, 6) is 1.58. The molecule has 27 heavy (non-hydrogen) atoms. The van der Waals surface area contributed by atoms with Gasteiger partial charge in [-0.1, -0.05) is 54.6 Å². The second-order valence-corrected chi connectivity index (χ2v) is 7.26. The first kappa shape index (κ1) is 19.1. The summed E-state index contributed by atoms with van der Waals surface area (Å²) in [6.45, 7) is 1.99. The molecular formula is C23H23NO2S. The normalized spacial score (nSPS) is 11.6. The Morgan fingerprint density at radius 3 is 2.33 bits per heavy atom. The van der Waals surface area contributed by atoms with E-state index in [1.165, 1.54) is 5.56 Å². The highest BCUT2D eigenvalue weighted by molar-refractivity contribution is 7.98. The van der Waals surface area contributed by atoms with Crippen molar-refractivity contribution in [2.45, 2.75) is 23.6 Å². The SMILES string of the molecule is COc1ccc([C@H](C)NC(=O)c2ccccc2SCc2ccccc2)cc1. The smallest absolute Gasteiger partial charge is 0.252 e. The molecule has 0 aliphatic carbocycles. The Hall–Kier alpha value is -2.72. The van der Waals surface area contributed by atoms with E-state index in [1.54, 1.807) is 18.9 Å². The Bertz CT molecular complexity index is 878. The van der Waals surface area contributed by atoms with Crippen molar-refractivity contribution in [3.8, 4) is 5.75 Å². The number of amides is 1. The van der Waals surface area contributed by atoms with Gasteiger partial charge in [-0.05, 0) is 42.3 Å². The molecule has 0 heterocycles. The first-order chi connectivity index (χ1) is 13.2. The van der Waals surface area contributed by atoms with Crippen LogP contribution in [-0.4, -0.2) is 13.0 Å². The molecule has 0 spiro atoms. The van der Waals surface area contributed by atoms with Gasteiger partial charge in [-0.3, -0.25) is 4.79 Å². The number of hydrogen-bond donors (Lipinski definition) is 1. The van der Waals surface area contributed by atoms with Gasteiger partial charge in [0.15, 0.2) is 0 Å². The Morgan fingerprint density at radius 2 is 1.63 bits per heavy atom. The lowest BCUT2D eigenvalue weighted by molar-refractivity contribution is 0.0937. The summed E-state index contributed by atoms with van der Waals surface area (Å²) in [5.41, 5.74) is 2.99. The van der Waals surface area contributed by atoms with Gasteiger partial charge >= 0.3 is 0 Å². The number of nitrogens with one attached hydrogen (secondary N) is 1. The van der Waals surface area contributed by atoms with Gasteiger partial charge in [-0.15, -0.1) is 11.8 Å². The Labute approximate surface area is 164 Å². The molecule has 3 nitrogen and oxygen atoms in total. The minimum absolute atomic E-state index is 0.0607. The summed E-state index contributed by atoms with van der Waals surface area (Å²) in [6.07, 6.45) is 0. The summed E-state index contributed by atoms with van der Waals surface area (Å²) in [4.78, 5) is 13.8. The highest BCUT2D eigenvalue weighted by Crippen LogP contribution is 2.27. The van der Waals surface area contributed by atoms with Gasteiger partial charge < -0.3 is 10.1 Å². The Balaban J connectivity index is 1.68. The molecule has 4 heteroatoms. The van der Waals surface area contributed by atoms with Crippen LogP contribution in [0.1, 0.15) is 34.5 Å². The minimum atomic E-state index is -0.0874. The van der Waals surface area contributed by atoms with Crippen molar-refractivity contribution in [1.82, 2.24) is 5.32 Å². The number of benzene rings is 3. The van der Waals surface area contributed by atoms with Crippen LogP contribution in [0.15, 0.2) is 83.8 Å². The fourth-order valence-electron chi connectivity index (χ4n) is 2.77. The largest absolute Gasteiger partial charge is 0.497 e. The highest BCUT2D eigenvalue weighted by Gasteiger charge is 2.15. The zero-order valence-electron chi connectivity index (χ0n) is 15.5. The summed E-state index contributed by atoms with van der Waals surface area (Å²) in [5, 5.41) is 3.10. The molecule has 1 N–H and O–H groups in total. The summed E-state index contributed by atoms with van der Waals surface area (Å²) < 4.78 is 5.19. The van der Waals surface area contributed by atoms with Gasteiger partial charge in [0, 0.05) is 10.6 Å². The van der Waals surface area contributed by atoms with E-state index in [0.29, 0.717) is 5.56 Å². The standard InChI is InChI=1S/C23H23NO2S/c1-17(19-12-14-20(26-2)15-13-19)24-23(25)21-10-6-7-11-22(21)27-16-18-8-4-3-5-9-18/h3-15,17H,16H2,1-2H3,(H,24,25)/t17-/m0/s1. The van der Waals surface area contributed by atoms with Crippen LogP contribution in [0, 0.1) is 0 Å². The van der Waals surface area contributed by atoms with Crippen molar-refractivity contribution < 1.29 is 9.53 Å². The molecule has 1 atom stereocenters. The van der Waals surface area contributed by atoms with Crippen LogP contribution < -0.4 is 10.1 Å². The number of methoxy groups -OCH3 is 1. The first-order valence-electron chi connectivity index (χ1n) is 8.88. The highest BCUT2D eigenvalue weighted by atomic mass is 32.2. The summed E-state index contributed by atoms with van der Waals surface area (Å²) >= 11 is 1.68. The van der Waals surface area contributed by atoms with E-state index in [1.807, 2.05) is 73.7 Å². The van der Waals surface area contributed by atoms with Crippen molar-refractivity contribution in [3.63, 3.8) is 0 Å². The predicted molar refractivity (Wildman–Crippen MR) is 111 cm³/mol. The van der Waals surface area contributed by atoms with Crippen LogP contribution in [-0.2, 0) is 5.75 Å². The lowest BCUT2D eigenvalue weighted by Gasteiger charge is -2.16. The summed E-state index contributed by atoms with van der Waals surface area (Å²) in [6, 6.07) is 25.7. The van der Waals surface area contributed by atoms with E-state index in [-0.39, 0.29) is 11.9 Å². The molecule has 0 unspecified atom stereocenters. The molecule has 3 aromatic carbocycles. The zero-order chi connectivity index (χ0) is 19.1. The third kappa shape index (κ3) is 5.14. The molecule has 0 saturated heterocycles. The van der Waals surface area contributed by atoms with Gasteiger partial charge in [-0.25, -0.2) is 0 Å². The molecule has 0 aromatic heterocycles. The van der Waals surface area contributed by atoms with E-state index in [9.17, 15) is 4.79 Å². The van der Waals surface area contributed by atoms with Crippen molar-refractivity contribution >= 4 is 17.7 Å². The van der Waals surface area contributed by atoms with Crippen LogP contribution in [0.3, 0.4) is 0 Å². The number of carbonyl (C=O) groups is 1. The predicted octanol–water partition coefficient (Wildman–Crippen LogP) is 5.48. The molecule has 0 bridgehead atoms. The van der Waals surface area contributed by atoms with E-state index in [2.05, 4.69) is 17.4 Å². The van der Waals surface area contributed by atoms with E-state index < -0.39 is 0 Å². The summed E-state index contributed by atoms with van der Waals surface area (Å²) in [7, 11) is 1.64. The number of ether oxygens (including phenoxy) is 1. The molecule has 0 radical (unpaired) electrons. The zero-order valence-corrected chi connectivity index (χ0v) is 16.3. The lowest BCUT2D eigenvalue weighted by Crippen LogP contribution is -2.27. The Morgan fingerprint density at radius 1 is 0.963 bits per heavy atom. The van der Waals surface area contributed by atoms with Crippen molar-refractivity contribution in [2.75, 3.05) is 7.11 Å². The monoisotopic (exact) mass is 377 g/mol. The van der Waals surface area contributed by atoms with Gasteiger partial charge in [-0.2, -0.15) is 0 Å². The molecule has 3 aromatic rings. The fourth-order valence-corrected chi connectivity index (χ4v) is 3.77. The average molecular weight is 378 g/mol. The number of carbonyl (C=O) groups excluding carboxylic acids is 1.